The first-order chi connectivity index (χ1) is 12.2. The average molecular weight is 337 g/mol. The van der Waals surface area contributed by atoms with E-state index in [0.717, 1.165) is 6.54 Å². The molecule has 0 bridgehead atoms. The molecule has 1 heterocycles. The van der Waals surface area contributed by atoms with E-state index in [4.69, 9.17) is 5.73 Å². The molecular formula is C18H19N5O2. The van der Waals surface area contributed by atoms with Crippen molar-refractivity contribution < 1.29 is 9.42 Å². The number of anilines is 1. The van der Waals surface area contributed by atoms with Crippen molar-refractivity contribution in [3.63, 3.8) is 0 Å². The lowest BCUT2D eigenvalue weighted by Gasteiger charge is -2.07. The van der Waals surface area contributed by atoms with Gasteiger partial charge in [0.05, 0.1) is 0 Å². The monoisotopic (exact) mass is 337 g/mol. The van der Waals surface area contributed by atoms with Crippen molar-refractivity contribution in [2.75, 3.05) is 18.8 Å². The third kappa shape index (κ3) is 4.42. The summed E-state index contributed by atoms with van der Waals surface area (Å²) in [5.74, 6) is -0.406. The summed E-state index contributed by atoms with van der Waals surface area (Å²) < 4.78 is 4.39. The van der Waals surface area contributed by atoms with Crippen LogP contribution in [0.2, 0.25) is 0 Å². The van der Waals surface area contributed by atoms with E-state index in [1.54, 1.807) is 0 Å². The summed E-state index contributed by atoms with van der Waals surface area (Å²) in [5, 5.41) is 12.8. The Bertz CT molecular complexity index is 815. The van der Waals surface area contributed by atoms with Crippen molar-refractivity contribution in [3.05, 3.63) is 65.9 Å². The summed E-state index contributed by atoms with van der Waals surface area (Å²) in [7, 11) is 0. The molecule has 0 atom stereocenters. The normalized spacial score (nSPS) is 10.6. The maximum Gasteiger partial charge on any atom is 0.277 e. The fourth-order valence-corrected chi connectivity index (χ4v) is 2.38. The molecule has 1 aromatic heterocycles. The minimum atomic E-state index is -0.396. The van der Waals surface area contributed by atoms with Gasteiger partial charge in [-0.05, 0) is 27.0 Å². The molecule has 0 spiro atoms. The fourth-order valence-electron chi connectivity index (χ4n) is 2.38. The number of carbonyl (C=O) groups excluding carboxylic acids is 1. The van der Waals surface area contributed by atoms with Gasteiger partial charge < -0.3 is 16.4 Å². The highest BCUT2D eigenvalue weighted by atomic mass is 16.6. The zero-order valence-electron chi connectivity index (χ0n) is 13.6. The minimum absolute atomic E-state index is 0.0102. The van der Waals surface area contributed by atoms with Crippen LogP contribution in [0.3, 0.4) is 0 Å². The second-order valence-corrected chi connectivity index (χ2v) is 5.49. The van der Waals surface area contributed by atoms with E-state index in [1.165, 1.54) is 16.7 Å². The topological polar surface area (TPSA) is 106 Å². The van der Waals surface area contributed by atoms with Gasteiger partial charge in [0.15, 0.2) is 0 Å². The third-order valence-corrected chi connectivity index (χ3v) is 3.71. The number of benzene rings is 2. The van der Waals surface area contributed by atoms with Crippen LogP contribution >= 0.6 is 0 Å². The molecule has 0 radical (unpaired) electrons. The Morgan fingerprint density at radius 2 is 1.68 bits per heavy atom. The van der Waals surface area contributed by atoms with E-state index in [-0.39, 0.29) is 11.5 Å². The third-order valence-electron chi connectivity index (χ3n) is 3.71. The van der Waals surface area contributed by atoms with Crippen LogP contribution in [0.5, 0.6) is 0 Å². The van der Waals surface area contributed by atoms with Gasteiger partial charge in [-0.25, -0.2) is 4.63 Å². The smallest absolute Gasteiger partial charge is 0.277 e. The Kier molecular flexibility index (Phi) is 5.38. The molecule has 0 saturated carbocycles. The first-order valence-corrected chi connectivity index (χ1v) is 7.95. The zero-order valence-corrected chi connectivity index (χ0v) is 13.6. The molecule has 0 aliphatic carbocycles. The van der Waals surface area contributed by atoms with Gasteiger partial charge in [-0.3, -0.25) is 4.79 Å². The SMILES string of the molecule is Nc1nonc1C(=O)NCCNCc1ccc(-c2ccccc2)cc1. The summed E-state index contributed by atoms with van der Waals surface area (Å²) in [6.07, 6.45) is 0. The van der Waals surface area contributed by atoms with Crippen LogP contribution in [0.1, 0.15) is 16.1 Å². The molecule has 0 saturated heterocycles. The summed E-state index contributed by atoms with van der Waals surface area (Å²) in [4.78, 5) is 11.8. The Morgan fingerprint density at radius 1 is 0.960 bits per heavy atom. The molecule has 0 fully saturated rings. The second kappa shape index (κ2) is 8.07. The van der Waals surface area contributed by atoms with Gasteiger partial charge in [0.25, 0.3) is 5.91 Å². The van der Waals surface area contributed by atoms with E-state index in [1.807, 2.05) is 18.2 Å². The molecule has 7 nitrogen and oxygen atoms in total. The highest BCUT2D eigenvalue weighted by molar-refractivity contribution is 5.95. The van der Waals surface area contributed by atoms with Crippen LogP contribution < -0.4 is 16.4 Å². The van der Waals surface area contributed by atoms with Crippen molar-refractivity contribution >= 4 is 11.7 Å². The van der Waals surface area contributed by atoms with Gasteiger partial charge in [-0.2, -0.15) is 0 Å². The second-order valence-electron chi connectivity index (χ2n) is 5.49. The van der Waals surface area contributed by atoms with Crippen LogP contribution in [0.4, 0.5) is 5.82 Å². The number of nitrogens with one attached hydrogen (secondary N) is 2. The van der Waals surface area contributed by atoms with Gasteiger partial charge in [0.1, 0.15) is 0 Å². The molecule has 0 aliphatic heterocycles. The zero-order chi connectivity index (χ0) is 17.5. The summed E-state index contributed by atoms with van der Waals surface area (Å²) in [5.41, 5.74) is 9.04. The average Bonchev–Trinajstić information content (AvgIpc) is 3.09. The van der Waals surface area contributed by atoms with Gasteiger partial charge in [0, 0.05) is 19.6 Å². The first kappa shape index (κ1) is 16.7. The van der Waals surface area contributed by atoms with E-state index in [2.05, 4.69) is 62.0 Å². The van der Waals surface area contributed by atoms with E-state index in [0.29, 0.717) is 13.1 Å². The van der Waals surface area contributed by atoms with Gasteiger partial charge in [0.2, 0.25) is 11.5 Å². The van der Waals surface area contributed by atoms with Gasteiger partial charge in [-0.1, -0.05) is 54.6 Å². The van der Waals surface area contributed by atoms with Crippen molar-refractivity contribution in [1.82, 2.24) is 20.9 Å². The molecule has 0 unspecified atom stereocenters. The highest BCUT2D eigenvalue weighted by Gasteiger charge is 2.14. The summed E-state index contributed by atoms with van der Waals surface area (Å²) in [6, 6.07) is 18.6. The number of carbonyl (C=O) groups is 1. The molecule has 3 rings (SSSR count). The minimum Gasteiger partial charge on any atom is -0.379 e. The number of nitrogens with two attached hydrogens (primary N) is 1. The van der Waals surface area contributed by atoms with Gasteiger partial charge in [-0.15, -0.1) is 0 Å². The van der Waals surface area contributed by atoms with Crippen molar-refractivity contribution in [2.45, 2.75) is 6.54 Å². The number of amides is 1. The number of hydrogen-bond acceptors (Lipinski definition) is 6. The quantitative estimate of drug-likeness (QED) is 0.568. The lowest BCUT2D eigenvalue weighted by atomic mass is 10.0. The number of aromatic nitrogens is 2. The predicted octanol–water partition coefficient (Wildman–Crippen LogP) is 1.84. The Labute approximate surface area is 145 Å². The first-order valence-electron chi connectivity index (χ1n) is 7.95. The van der Waals surface area contributed by atoms with Crippen LogP contribution in [-0.4, -0.2) is 29.3 Å². The lowest BCUT2D eigenvalue weighted by molar-refractivity contribution is 0.0944. The van der Waals surface area contributed by atoms with E-state index < -0.39 is 5.91 Å². The molecule has 4 N–H and O–H groups in total. The Hall–Kier alpha value is -3.19. The molecule has 7 heteroatoms. The lowest BCUT2D eigenvalue weighted by Crippen LogP contribution is -2.32. The highest BCUT2D eigenvalue weighted by Crippen LogP contribution is 2.19. The molecule has 25 heavy (non-hydrogen) atoms. The molecule has 3 aromatic rings. The van der Waals surface area contributed by atoms with Gasteiger partial charge >= 0.3 is 0 Å². The Morgan fingerprint density at radius 3 is 2.36 bits per heavy atom. The number of rotatable bonds is 7. The Balaban J connectivity index is 1.41. The number of hydrogen-bond donors (Lipinski definition) is 3. The van der Waals surface area contributed by atoms with E-state index >= 15 is 0 Å². The number of nitrogens with zero attached hydrogens (tertiary/aromatic N) is 2. The largest absolute Gasteiger partial charge is 0.379 e. The number of nitrogen functional groups attached to an aromatic ring is 1. The van der Waals surface area contributed by atoms with Crippen molar-refractivity contribution in [2.24, 2.45) is 0 Å². The molecule has 1 amide bonds. The maximum atomic E-state index is 11.8. The molecule has 2 aromatic carbocycles. The maximum absolute atomic E-state index is 11.8. The predicted molar refractivity (Wildman–Crippen MR) is 94.6 cm³/mol. The summed E-state index contributed by atoms with van der Waals surface area (Å²) in [6.45, 7) is 1.79. The molecule has 128 valence electrons. The van der Waals surface area contributed by atoms with Crippen molar-refractivity contribution in [3.8, 4) is 11.1 Å². The van der Waals surface area contributed by atoms with Crippen LogP contribution in [0.25, 0.3) is 11.1 Å². The van der Waals surface area contributed by atoms with E-state index in [9.17, 15) is 4.79 Å². The van der Waals surface area contributed by atoms with Crippen molar-refractivity contribution in [1.29, 1.82) is 0 Å². The van der Waals surface area contributed by atoms with Crippen LogP contribution in [0.15, 0.2) is 59.2 Å². The van der Waals surface area contributed by atoms with Crippen LogP contribution in [-0.2, 0) is 6.54 Å². The fraction of sp³-hybridized carbons (Fsp3) is 0.167. The van der Waals surface area contributed by atoms with Crippen LogP contribution in [0, 0.1) is 0 Å². The molecular weight excluding hydrogens is 318 g/mol. The standard InChI is InChI=1S/C18H19N5O2/c19-17-16(22-25-23-17)18(24)21-11-10-20-12-13-6-8-15(9-7-13)14-4-2-1-3-5-14/h1-9,20H,10-12H2,(H2,19,23)(H,21,24). The summed E-state index contributed by atoms with van der Waals surface area (Å²) >= 11 is 0. The molecule has 0 aliphatic rings.